The summed E-state index contributed by atoms with van der Waals surface area (Å²) in [6, 6.07) is 10.3. The van der Waals surface area contributed by atoms with Crippen LogP contribution in [0, 0.1) is 3.57 Å². The van der Waals surface area contributed by atoms with Crippen LogP contribution in [0.5, 0.6) is 0 Å². The quantitative estimate of drug-likeness (QED) is 0.522. The molecule has 0 fully saturated rings. The van der Waals surface area contributed by atoms with E-state index < -0.39 is 0 Å². The molecule has 1 heterocycles. The van der Waals surface area contributed by atoms with Crippen molar-refractivity contribution in [2.75, 3.05) is 0 Å². The molecule has 0 atom stereocenters. The van der Waals surface area contributed by atoms with Gasteiger partial charge in [-0.2, -0.15) is 0 Å². The summed E-state index contributed by atoms with van der Waals surface area (Å²) in [5.41, 5.74) is 1.65. The van der Waals surface area contributed by atoms with Crippen LogP contribution in [-0.2, 0) is 6.54 Å². The molecule has 21 heavy (non-hydrogen) atoms. The van der Waals surface area contributed by atoms with Gasteiger partial charge in [-0.25, -0.2) is 0 Å². The van der Waals surface area contributed by atoms with Crippen LogP contribution in [0.4, 0.5) is 0 Å². The van der Waals surface area contributed by atoms with Crippen molar-refractivity contribution in [3.63, 3.8) is 0 Å². The van der Waals surface area contributed by atoms with Crippen LogP contribution in [0.25, 0.3) is 0 Å². The summed E-state index contributed by atoms with van der Waals surface area (Å²) in [5, 5.41) is 0.845. The minimum absolute atomic E-state index is 0.180. The molecule has 0 saturated carbocycles. The van der Waals surface area contributed by atoms with Crippen molar-refractivity contribution >= 4 is 57.6 Å². The molecule has 0 aliphatic carbocycles. The highest BCUT2D eigenvalue weighted by Gasteiger charge is 2.35. The standard InChI is InChI=1S/C15H8Cl2INO2/c16-12-4-1-8(5-13(12)17)7-19-14(20)10-3-2-9(18)6-11(10)15(19)21/h1-6H,7H2. The summed E-state index contributed by atoms with van der Waals surface area (Å²) in [4.78, 5) is 25.9. The van der Waals surface area contributed by atoms with Gasteiger partial charge in [0.2, 0.25) is 0 Å². The van der Waals surface area contributed by atoms with Crippen molar-refractivity contribution in [1.29, 1.82) is 0 Å². The lowest BCUT2D eigenvalue weighted by Crippen LogP contribution is -2.29. The maximum absolute atomic E-state index is 12.4. The average Bonchev–Trinajstić information content (AvgIpc) is 2.68. The third-order valence-corrected chi connectivity index (χ3v) is 4.67. The van der Waals surface area contributed by atoms with E-state index in [1.807, 2.05) is 6.07 Å². The molecule has 3 nitrogen and oxygen atoms in total. The molecule has 1 aliphatic rings. The Hall–Kier alpha value is -1.11. The predicted octanol–water partition coefficient (Wildman–Crippen LogP) is 4.39. The summed E-state index contributed by atoms with van der Waals surface area (Å²) in [6.07, 6.45) is 0. The number of carbonyl (C=O) groups excluding carboxylic acids is 2. The van der Waals surface area contributed by atoms with E-state index in [9.17, 15) is 9.59 Å². The Labute approximate surface area is 145 Å². The van der Waals surface area contributed by atoms with Crippen LogP contribution >= 0.6 is 45.8 Å². The molecule has 0 saturated heterocycles. The Bertz CT molecular complexity index is 776. The second-order valence-corrected chi connectivity index (χ2v) is 6.69. The van der Waals surface area contributed by atoms with Crippen LogP contribution in [0.3, 0.4) is 0 Å². The summed E-state index contributed by atoms with van der Waals surface area (Å²) < 4.78 is 0.920. The Balaban J connectivity index is 1.93. The van der Waals surface area contributed by atoms with E-state index in [4.69, 9.17) is 23.2 Å². The molecule has 106 valence electrons. The maximum atomic E-state index is 12.4. The van der Waals surface area contributed by atoms with Gasteiger partial charge in [-0.3, -0.25) is 14.5 Å². The molecule has 2 amide bonds. The van der Waals surface area contributed by atoms with Gasteiger partial charge in [0.1, 0.15) is 0 Å². The van der Waals surface area contributed by atoms with Gasteiger partial charge in [0.15, 0.2) is 0 Å². The Morgan fingerprint density at radius 1 is 0.905 bits per heavy atom. The van der Waals surface area contributed by atoms with E-state index in [1.165, 1.54) is 4.90 Å². The Morgan fingerprint density at radius 3 is 2.33 bits per heavy atom. The van der Waals surface area contributed by atoms with Gasteiger partial charge in [0.25, 0.3) is 11.8 Å². The van der Waals surface area contributed by atoms with Crippen LogP contribution in [0.15, 0.2) is 36.4 Å². The lowest BCUT2D eigenvalue weighted by Gasteiger charge is -2.14. The smallest absolute Gasteiger partial charge is 0.261 e. The molecule has 0 unspecified atom stereocenters. The van der Waals surface area contributed by atoms with Gasteiger partial charge in [-0.15, -0.1) is 0 Å². The second-order valence-electron chi connectivity index (χ2n) is 4.63. The van der Waals surface area contributed by atoms with Crippen molar-refractivity contribution in [1.82, 2.24) is 4.90 Å². The van der Waals surface area contributed by atoms with Crippen LogP contribution in [0.2, 0.25) is 10.0 Å². The van der Waals surface area contributed by atoms with Gasteiger partial charge >= 0.3 is 0 Å². The minimum atomic E-state index is -0.280. The SMILES string of the molecule is O=C1c2ccc(I)cc2C(=O)N1Cc1ccc(Cl)c(Cl)c1. The normalized spacial score (nSPS) is 13.8. The number of hydrogen-bond acceptors (Lipinski definition) is 2. The highest BCUT2D eigenvalue weighted by Crippen LogP contribution is 2.28. The molecule has 0 spiro atoms. The molecule has 6 heteroatoms. The van der Waals surface area contributed by atoms with E-state index >= 15 is 0 Å². The first-order valence-corrected chi connectivity index (χ1v) is 7.90. The minimum Gasteiger partial charge on any atom is -0.270 e. The first kappa shape index (κ1) is 14.8. The average molecular weight is 432 g/mol. The summed E-state index contributed by atoms with van der Waals surface area (Å²) >= 11 is 13.9. The van der Waals surface area contributed by atoms with E-state index in [0.717, 1.165) is 9.13 Å². The Kier molecular flexibility index (Phi) is 3.94. The topological polar surface area (TPSA) is 37.4 Å². The molecule has 0 aromatic heterocycles. The Morgan fingerprint density at radius 2 is 1.62 bits per heavy atom. The zero-order valence-corrected chi connectivity index (χ0v) is 14.2. The van der Waals surface area contributed by atoms with Crippen molar-refractivity contribution in [2.45, 2.75) is 6.54 Å². The van der Waals surface area contributed by atoms with Crippen molar-refractivity contribution in [3.05, 3.63) is 66.7 Å². The van der Waals surface area contributed by atoms with Crippen molar-refractivity contribution < 1.29 is 9.59 Å². The largest absolute Gasteiger partial charge is 0.270 e. The summed E-state index contributed by atoms with van der Waals surface area (Å²) in [5.74, 6) is -0.558. The van der Waals surface area contributed by atoms with Crippen LogP contribution in [0.1, 0.15) is 26.3 Å². The summed E-state index contributed by atoms with van der Waals surface area (Å²) in [6.45, 7) is 0.180. The number of hydrogen-bond donors (Lipinski definition) is 0. The van der Waals surface area contributed by atoms with Gasteiger partial charge in [-0.1, -0.05) is 29.3 Å². The van der Waals surface area contributed by atoms with E-state index in [2.05, 4.69) is 22.6 Å². The van der Waals surface area contributed by atoms with E-state index in [1.54, 1.807) is 30.3 Å². The molecular weight excluding hydrogens is 424 g/mol. The third-order valence-electron chi connectivity index (χ3n) is 3.26. The molecule has 2 aromatic rings. The van der Waals surface area contributed by atoms with E-state index in [0.29, 0.717) is 21.2 Å². The molecule has 2 aromatic carbocycles. The molecule has 0 bridgehead atoms. The predicted molar refractivity (Wildman–Crippen MR) is 89.8 cm³/mol. The summed E-state index contributed by atoms with van der Waals surface area (Å²) in [7, 11) is 0. The molecular formula is C15H8Cl2INO2. The number of nitrogens with zero attached hydrogens (tertiary/aromatic N) is 1. The number of benzene rings is 2. The van der Waals surface area contributed by atoms with Gasteiger partial charge in [0.05, 0.1) is 27.7 Å². The molecule has 0 N–H and O–H groups in total. The fourth-order valence-corrected chi connectivity index (χ4v) is 3.04. The highest BCUT2D eigenvalue weighted by atomic mass is 127. The number of carbonyl (C=O) groups is 2. The van der Waals surface area contributed by atoms with Gasteiger partial charge in [-0.05, 0) is 58.5 Å². The zero-order chi connectivity index (χ0) is 15.1. The zero-order valence-electron chi connectivity index (χ0n) is 10.6. The maximum Gasteiger partial charge on any atom is 0.261 e. The fourth-order valence-electron chi connectivity index (χ4n) is 2.23. The lowest BCUT2D eigenvalue weighted by atomic mass is 10.1. The number of imide groups is 1. The highest BCUT2D eigenvalue weighted by molar-refractivity contribution is 14.1. The van der Waals surface area contributed by atoms with Crippen molar-refractivity contribution in [2.24, 2.45) is 0 Å². The van der Waals surface area contributed by atoms with Gasteiger partial charge in [0, 0.05) is 3.57 Å². The molecule has 1 aliphatic heterocycles. The molecule has 3 rings (SSSR count). The number of rotatable bonds is 2. The second kappa shape index (κ2) is 5.59. The lowest BCUT2D eigenvalue weighted by molar-refractivity contribution is 0.0642. The first-order valence-electron chi connectivity index (χ1n) is 6.07. The number of fused-ring (bicyclic) bond motifs is 1. The van der Waals surface area contributed by atoms with E-state index in [-0.39, 0.29) is 18.4 Å². The third kappa shape index (κ3) is 2.67. The number of halogens is 3. The molecule has 0 radical (unpaired) electrons. The first-order chi connectivity index (χ1) is 9.97. The number of amides is 2. The van der Waals surface area contributed by atoms with Crippen LogP contribution < -0.4 is 0 Å². The van der Waals surface area contributed by atoms with Crippen LogP contribution in [-0.4, -0.2) is 16.7 Å². The van der Waals surface area contributed by atoms with Crippen molar-refractivity contribution in [3.8, 4) is 0 Å². The monoisotopic (exact) mass is 431 g/mol. The fraction of sp³-hybridized carbons (Fsp3) is 0.0667. The van der Waals surface area contributed by atoms with Gasteiger partial charge < -0.3 is 0 Å².